The lowest BCUT2D eigenvalue weighted by atomic mass is 9.98. The summed E-state index contributed by atoms with van der Waals surface area (Å²) < 4.78 is 13.2. The van der Waals surface area contributed by atoms with E-state index in [9.17, 15) is 13.8 Å². The number of nitrogens with two attached hydrogens (primary N) is 1. The van der Waals surface area contributed by atoms with Gasteiger partial charge in [0.15, 0.2) is 0 Å². The number of amides is 2. The molecule has 4 rings (SSSR count). The van der Waals surface area contributed by atoms with Gasteiger partial charge in [0.1, 0.15) is 0 Å². The minimum Gasteiger partial charge on any atom is -0.341 e. The van der Waals surface area contributed by atoms with Gasteiger partial charge >= 0.3 is 0 Å². The molecular formula is C31H37N3O3S. The molecule has 0 aromatic heterocycles. The van der Waals surface area contributed by atoms with Gasteiger partial charge in [0, 0.05) is 37.0 Å². The van der Waals surface area contributed by atoms with Gasteiger partial charge in [-0.15, -0.1) is 12.3 Å². The van der Waals surface area contributed by atoms with Gasteiger partial charge < -0.3 is 10.2 Å². The Bertz CT molecular complexity index is 1360. The number of aryl methyl sites for hydroxylation is 2. The molecule has 38 heavy (non-hydrogen) atoms. The van der Waals surface area contributed by atoms with Crippen molar-refractivity contribution in [1.29, 1.82) is 0 Å². The van der Waals surface area contributed by atoms with Crippen LogP contribution in [-0.2, 0) is 51.5 Å². The van der Waals surface area contributed by atoms with Crippen LogP contribution in [0.2, 0.25) is 0 Å². The number of allylic oxidation sites excluding steroid dienone is 2. The van der Waals surface area contributed by atoms with Crippen LogP contribution in [0.4, 0.5) is 5.69 Å². The number of nitrogens with one attached hydrogen (secondary N) is 1. The Morgan fingerprint density at radius 1 is 1.08 bits per heavy atom. The van der Waals surface area contributed by atoms with Crippen LogP contribution in [0.15, 0.2) is 47.4 Å². The van der Waals surface area contributed by atoms with Crippen LogP contribution in [-0.4, -0.2) is 33.3 Å². The normalized spacial score (nSPS) is 15.4. The third-order valence-corrected chi connectivity index (χ3v) is 8.99. The standard InChI is InChI=1S/C31H37N3O3S/c1-3-4-5-6-7-14-30(36)34(2)22-23-15-17-26(18-16-23)38(32,37)20-19-29(35)33-31-27-12-8-10-24(27)21-25-11-9-13-28(25)31/h1,5-6,15-18,20-21H,4,7-14,19,22H2,2H3,(H2,32,37)(H,33,35)/b6-5+. The molecule has 0 aliphatic heterocycles. The van der Waals surface area contributed by atoms with Crippen LogP contribution in [0.3, 0.4) is 0 Å². The quantitative estimate of drug-likeness (QED) is 0.272. The minimum atomic E-state index is -2.99. The summed E-state index contributed by atoms with van der Waals surface area (Å²) in [7, 11) is -1.23. The Morgan fingerprint density at radius 3 is 2.37 bits per heavy atom. The Morgan fingerprint density at radius 2 is 1.74 bits per heavy atom. The lowest BCUT2D eigenvalue weighted by molar-refractivity contribution is -0.130. The zero-order chi connectivity index (χ0) is 27.1. The maximum atomic E-state index is 13.2. The van der Waals surface area contributed by atoms with Gasteiger partial charge in [-0.05, 0) is 90.3 Å². The van der Waals surface area contributed by atoms with Crippen LogP contribution in [0.25, 0.3) is 0 Å². The first-order chi connectivity index (χ1) is 18.3. The van der Waals surface area contributed by atoms with Gasteiger partial charge in [0.05, 0.1) is 16.1 Å². The summed E-state index contributed by atoms with van der Waals surface area (Å²) >= 11 is 0. The molecule has 0 radical (unpaired) electrons. The summed E-state index contributed by atoms with van der Waals surface area (Å²) in [6.07, 6.45) is 17.0. The van der Waals surface area contributed by atoms with E-state index in [4.69, 9.17) is 11.6 Å². The molecule has 2 aromatic rings. The summed E-state index contributed by atoms with van der Waals surface area (Å²) in [6.45, 7) is 0.441. The van der Waals surface area contributed by atoms with Gasteiger partial charge in [0.2, 0.25) is 11.8 Å². The first-order valence-electron chi connectivity index (χ1n) is 13.3. The maximum absolute atomic E-state index is 13.2. The average molecular weight is 532 g/mol. The highest BCUT2D eigenvalue weighted by Gasteiger charge is 2.25. The molecule has 2 aliphatic rings. The molecule has 3 N–H and O–H groups in total. The largest absolute Gasteiger partial charge is 0.341 e. The van der Waals surface area contributed by atoms with E-state index in [2.05, 4.69) is 17.3 Å². The van der Waals surface area contributed by atoms with Gasteiger partial charge in [-0.25, -0.2) is 4.21 Å². The topological polar surface area (TPSA) is 92.5 Å². The van der Waals surface area contributed by atoms with Crippen LogP contribution < -0.4 is 10.5 Å². The smallest absolute Gasteiger partial charge is 0.228 e. The molecule has 0 heterocycles. The first kappa shape index (κ1) is 27.7. The summed E-state index contributed by atoms with van der Waals surface area (Å²) in [6, 6.07) is 9.40. The highest BCUT2D eigenvalue weighted by atomic mass is 32.2. The van der Waals surface area contributed by atoms with Gasteiger partial charge in [0.25, 0.3) is 0 Å². The number of anilines is 1. The fraction of sp³-hybridized carbons (Fsp3) is 0.387. The molecule has 2 aliphatic carbocycles. The van der Waals surface area contributed by atoms with Crippen molar-refractivity contribution in [3.8, 4) is 12.3 Å². The number of hydrogen-bond donors (Lipinski definition) is 2. The highest BCUT2D eigenvalue weighted by Crippen LogP contribution is 2.38. The number of carbonyl (C=O) groups excluding carboxylic acids is 2. The summed E-state index contributed by atoms with van der Waals surface area (Å²) in [5.74, 6) is 2.38. The minimum absolute atomic E-state index is 0.0252. The Balaban J connectivity index is 1.35. The van der Waals surface area contributed by atoms with Crippen LogP contribution in [0.5, 0.6) is 0 Å². The predicted octanol–water partition coefficient (Wildman–Crippen LogP) is 4.33. The van der Waals surface area contributed by atoms with Gasteiger partial charge in [-0.1, -0.05) is 30.4 Å². The molecule has 1 atom stereocenters. The molecule has 1 unspecified atom stereocenters. The number of benzene rings is 2. The number of hydrogen-bond acceptors (Lipinski definition) is 3. The molecule has 7 heteroatoms. The van der Waals surface area contributed by atoms with Crippen molar-refractivity contribution in [2.24, 2.45) is 5.14 Å². The maximum Gasteiger partial charge on any atom is 0.228 e. The van der Waals surface area contributed by atoms with E-state index in [-0.39, 0.29) is 18.2 Å². The van der Waals surface area contributed by atoms with Crippen molar-refractivity contribution in [3.05, 3.63) is 70.3 Å². The van der Waals surface area contributed by atoms with E-state index < -0.39 is 9.71 Å². The molecule has 2 aromatic carbocycles. The number of terminal acetylenes is 1. The Kier molecular flexibility index (Phi) is 9.09. The summed E-state index contributed by atoms with van der Waals surface area (Å²) in [5.41, 5.74) is 7.15. The summed E-state index contributed by atoms with van der Waals surface area (Å²) in [5, 5.41) is 10.7. The van der Waals surface area contributed by atoms with E-state index in [1.165, 1.54) is 27.6 Å². The van der Waals surface area contributed by atoms with E-state index in [0.29, 0.717) is 30.7 Å². The second kappa shape index (κ2) is 12.5. The zero-order valence-electron chi connectivity index (χ0n) is 22.1. The first-order valence-corrected chi connectivity index (χ1v) is 15.0. The second-order valence-corrected chi connectivity index (χ2v) is 12.2. The number of nitrogens with zero attached hydrogens (tertiary/aromatic N) is 1. The molecule has 200 valence electrons. The molecule has 0 saturated carbocycles. The van der Waals surface area contributed by atoms with E-state index >= 15 is 0 Å². The Labute approximate surface area is 226 Å². The van der Waals surface area contributed by atoms with Crippen molar-refractivity contribution >= 4 is 32.6 Å². The molecule has 0 spiro atoms. The molecular weight excluding hydrogens is 494 g/mol. The number of fused-ring (bicyclic) bond motifs is 2. The van der Waals surface area contributed by atoms with E-state index in [0.717, 1.165) is 49.8 Å². The highest BCUT2D eigenvalue weighted by molar-refractivity contribution is 7.99. The zero-order valence-corrected chi connectivity index (χ0v) is 22.9. The molecule has 0 saturated heterocycles. The lowest BCUT2D eigenvalue weighted by Crippen LogP contribution is -2.25. The molecule has 6 nitrogen and oxygen atoms in total. The third-order valence-electron chi connectivity index (χ3n) is 7.32. The van der Waals surface area contributed by atoms with E-state index in [1.807, 2.05) is 24.3 Å². The van der Waals surface area contributed by atoms with Crippen molar-refractivity contribution < 1.29 is 13.8 Å². The molecule has 0 fully saturated rings. The Hall–Kier alpha value is -3.34. The van der Waals surface area contributed by atoms with Gasteiger partial charge in [-0.3, -0.25) is 14.7 Å². The van der Waals surface area contributed by atoms with Gasteiger partial charge in [-0.2, -0.15) is 0 Å². The second-order valence-electron chi connectivity index (χ2n) is 10.1. The average Bonchev–Trinajstić information content (AvgIpc) is 3.57. The summed E-state index contributed by atoms with van der Waals surface area (Å²) in [4.78, 5) is 27.4. The van der Waals surface area contributed by atoms with Crippen LogP contribution in [0, 0.1) is 12.3 Å². The third kappa shape index (κ3) is 6.75. The fourth-order valence-electron chi connectivity index (χ4n) is 5.29. The molecule has 2 amide bonds. The van der Waals surface area contributed by atoms with Crippen molar-refractivity contribution in [2.45, 2.75) is 75.6 Å². The van der Waals surface area contributed by atoms with Crippen LogP contribution in [0.1, 0.15) is 66.3 Å². The monoisotopic (exact) mass is 531 g/mol. The lowest BCUT2D eigenvalue weighted by Gasteiger charge is -2.17. The fourth-order valence-corrected chi connectivity index (χ4v) is 6.44. The van der Waals surface area contributed by atoms with E-state index in [1.54, 1.807) is 24.1 Å². The van der Waals surface area contributed by atoms with Crippen LogP contribution >= 0.6 is 0 Å². The number of rotatable bonds is 10. The van der Waals surface area contributed by atoms with Crippen molar-refractivity contribution in [3.63, 3.8) is 0 Å². The SMILES string of the molecule is C#CC/C=C/CCC(=O)N(C)Cc1ccc(S(N)(=O)=CCC(=O)Nc2c3c(cc4c2CCC4)CCC3)cc1. The van der Waals surface area contributed by atoms with Crippen molar-refractivity contribution in [2.75, 3.05) is 12.4 Å². The molecule has 0 bridgehead atoms. The predicted molar refractivity (Wildman–Crippen MR) is 155 cm³/mol. The number of carbonyl (C=O) groups is 2. The van der Waals surface area contributed by atoms with Crippen molar-refractivity contribution in [1.82, 2.24) is 4.90 Å².